The minimum atomic E-state index is 0. The van der Waals surface area contributed by atoms with Crippen LogP contribution in [0.25, 0.3) is 0 Å². The van der Waals surface area contributed by atoms with Crippen LogP contribution in [0.4, 0.5) is 0 Å². The highest BCUT2D eigenvalue weighted by molar-refractivity contribution is 5.85. The SMILES string of the molecule is Cl.O=C1CCNCC1C(c1ccccc1)c1ccccc1. The highest BCUT2D eigenvalue weighted by atomic mass is 35.5. The van der Waals surface area contributed by atoms with Crippen LogP contribution in [-0.4, -0.2) is 18.9 Å². The van der Waals surface area contributed by atoms with Gasteiger partial charge in [-0.3, -0.25) is 4.79 Å². The zero-order valence-corrected chi connectivity index (χ0v) is 12.7. The molecule has 0 radical (unpaired) electrons. The topological polar surface area (TPSA) is 29.1 Å². The van der Waals surface area contributed by atoms with Crippen molar-refractivity contribution in [2.75, 3.05) is 13.1 Å². The summed E-state index contributed by atoms with van der Waals surface area (Å²) < 4.78 is 0. The van der Waals surface area contributed by atoms with E-state index in [1.54, 1.807) is 0 Å². The lowest BCUT2D eigenvalue weighted by atomic mass is 9.77. The summed E-state index contributed by atoms with van der Waals surface area (Å²) in [5.41, 5.74) is 2.45. The first-order chi connectivity index (χ1) is 9.86. The fourth-order valence-electron chi connectivity index (χ4n) is 3.05. The molecule has 2 aromatic carbocycles. The Bertz CT molecular complexity index is 531. The molecule has 1 heterocycles. The van der Waals surface area contributed by atoms with Gasteiger partial charge in [0, 0.05) is 31.3 Å². The lowest BCUT2D eigenvalue weighted by Crippen LogP contribution is -2.40. The maximum absolute atomic E-state index is 12.3. The molecule has 1 aliphatic heterocycles. The molecule has 0 amide bonds. The Morgan fingerprint density at radius 1 is 0.905 bits per heavy atom. The summed E-state index contributed by atoms with van der Waals surface area (Å²) in [7, 11) is 0. The van der Waals surface area contributed by atoms with Crippen molar-refractivity contribution in [2.24, 2.45) is 5.92 Å². The molecule has 21 heavy (non-hydrogen) atoms. The molecule has 0 saturated carbocycles. The van der Waals surface area contributed by atoms with Crippen molar-refractivity contribution >= 4 is 18.2 Å². The molecule has 0 spiro atoms. The van der Waals surface area contributed by atoms with Gasteiger partial charge in [-0.2, -0.15) is 0 Å². The number of hydrogen-bond acceptors (Lipinski definition) is 2. The van der Waals surface area contributed by atoms with E-state index in [2.05, 4.69) is 29.6 Å². The zero-order valence-electron chi connectivity index (χ0n) is 11.9. The first-order valence-corrected chi connectivity index (χ1v) is 7.19. The molecule has 3 rings (SSSR count). The van der Waals surface area contributed by atoms with Gasteiger partial charge in [0.05, 0.1) is 0 Å². The Morgan fingerprint density at radius 3 is 1.90 bits per heavy atom. The summed E-state index contributed by atoms with van der Waals surface area (Å²) in [6, 6.07) is 20.7. The van der Waals surface area contributed by atoms with Gasteiger partial charge in [0.25, 0.3) is 0 Å². The highest BCUT2D eigenvalue weighted by Crippen LogP contribution is 2.33. The quantitative estimate of drug-likeness (QED) is 0.941. The third-order valence-corrected chi connectivity index (χ3v) is 4.05. The number of piperidine rings is 1. The second kappa shape index (κ2) is 7.39. The molecule has 2 nitrogen and oxygen atoms in total. The predicted molar refractivity (Wildman–Crippen MR) is 88.0 cm³/mol. The monoisotopic (exact) mass is 301 g/mol. The van der Waals surface area contributed by atoms with Crippen molar-refractivity contribution in [3.05, 3.63) is 71.8 Å². The molecule has 1 N–H and O–H groups in total. The van der Waals surface area contributed by atoms with E-state index in [9.17, 15) is 4.79 Å². The van der Waals surface area contributed by atoms with Crippen molar-refractivity contribution in [3.8, 4) is 0 Å². The fraction of sp³-hybridized carbons (Fsp3) is 0.278. The number of halogens is 1. The Hall–Kier alpha value is -1.64. The minimum Gasteiger partial charge on any atom is -0.316 e. The third-order valence-electron chi connectivity index (χ3n) is 4.05. The van der Waals surface area contributed by atoms with Crippen LogP contribution in [0.5, 0.6) is 0 Å². The molecule has 1 unspecified atom stereocenters. The van der Waals surface area contributed by atoms with Gasteiger partial charge in [0.15, 0.2) is 0 Å². The van der Waals surface area contributed by atoms with Crippen LogP contribution >= 0.6 is 12.4 Å². The van der Waals surface area contributed by atoms with E-state index in [0.29, 0.717) is 12.2 Å². The van der Waals surface area contributed by atoms with Crippen LogP contribution in [0, 0.1) is 5.92 Å². The average Bonchev–Trinajstić information content (AvgIpc) is 2.52. The van der Waals surface area contributed by atoms with Gasteiger partial charge in [0.1, 0.15) is 5.78 Å². The van der Waals surface area contributed by atoms with Crippen LogP contribution in [0.15, 0.2) is 60.7 Å². The summed E-state index contributed by atoms with van der Waals surface area (Å²) in [5, 5.41) is 3.36. The van der Waals surface area contributed by atoms with Crippen LogP contribution in [0.3, 0.4) is 0 Å². The van der Waals surface area contributed by atoms with E-state index < -0.39 is 0 Å². The van der Waals surface area contributed by atoms with E-state index in [1.807, 2.05) is 36.4 Å². The van der Waals surface area contributed by atoms with Gasteiger partial charge in [-0.1, -0.05) is 60.7 Å². The van der Waals surface area contributed by atoms with Crippen LogP contribution in [0.1, 0.15) is 23.5 Å². The summed E-state index contributed by atoms with van der Waals surface area (Å²) in [4.78, 5) is 12.3. The average molecular weight is 302 g/mol. The zero-order chi connectivity index (χ0) is 13.8. The standard InChI is InChI=1S/C18H19NO.ClH/c20-17-11-12-19-13-16(17)18(14-7-3-1-4-8-14)15-9-5-2-6-10-15;/h1-10,16,18-19H,11-13H2;1H. The molecule has 1 atom stereocenters. The molecule has 1 fully saturated rings. The van der Waals surface area contributed by atoms with E-state index >= 15 is 0 Å². The summed E-state index contributed by atoms with van der Waals surface area (Å²) in [6.07, 6.45) is 0.640. The Morgan fingerprint density at radius 2 is 1.43 bits per heavy atom. The molecule has 3 heteroatoms. The largest absolute Gasteiger partial charge is 0.316 e. The number of Topliss-reactive ketones (excluding diaryl/α,β-unsaturated/α-hetero) is 1. The molecule has 1 aliphatic rings. The Labute approximate surface area is 132 Å². The third kappa shape index (κ3) is 3.52. The van der Waals surface area contributed by atoms with Crippen molar-refractivity contribution in [1.29, 1.82) is 0 Å². The lowest BCUT2D eigenvalue weighted by molar-refractivity contribution is -0.124. The Kier molecular flexibility index (Phi) is 5.54. The summed E-state index contributed by atoms with van der Waals surface area (Å²) in [5.74, 6) is 0.563. The molecule has 0 aromatic heterocycles. The van der Waals surface area contributed by atoms with E-state index in [0.717, 1.165) is 13.1 Å². The van der Waals surface area contributed by atoms with Crippen LogP contribution in [0.2, 0.25) is 0 Å². The van der Waals surface area contributed by atoms with Gasteiger partial charge < -0.3 is 5.32 Å². The molecule has 0 aliphatic carbocycles. The van der Waals surface area contributed by atoms with Crippen LogP contribution in [-0.2, 0) is 4.79 Å². The number of carbonyl (C=O) groups excluding carboxylic acids is 1. The first kappa shape index (κ1) is 15.7. The number of ketones is 1. The van der Waals surface area contributed by atoms with E-state index in [4.69, 9.17) is 0 Å². The second-order valence-corrected chi connectivity index (χ2v) is 5.33. The van der Waals surface area contributed by atoms with Crippen molar-refractivity contribution in [3.63, 3.8) is 0 Å². The van der Waals surface area contributed by atoms with Crippen LogP contribution < -0.4 is 5.32 Å². The normalized spacial score (nSPS) is 18.3. The molecular weight excluding hydrogens is 282 g/mol. The van der Waals surface area contributed by atoms with Crippen molar-refractivity contribution < 1.29 is 4.79 Å². The summed E-state index contributed by atoms with van der Waals surface area (Å²) in [6.45, 7) is 1.58. The lowest BCUT2D eigenvalue weighted by Gasteiger charge is -2.30. The van der Waals surface area contributed by atoms with Crippen molar-refractivity contribution in [1.82, 2.24) is 5.32 Å². The van der Waals surface area contributed by atoms with Crippen molar-refractivity contribution in [2.45, 2.75) is 12.3 Å². The number of rotatable bonds is 3. The maximum atomic E-state index is 12.3. The predicted octanol–water partition coefficient (Wildman–Crippen LogP) is 3.42. The second-order valence-electron chi connectivity index (χ2n) is 5.33. The number of carbonyl (C=O) groups is 1. The number of benzene rings is 2. The number of nitrogens with one attached hydrogen (secondary N) is 1. The summed E-state index contributed by atoms with van der Waals surface area (Å²) >= 11 is 0. The van der Waals surface area contributed by atoms with Gasteiger partial charge in [-0.05, 0) is 11.1 Å². The van der Waals surface area contributed by atoms with Gasteiger partial charge >= 0.3 is 0 Å². The van der Waals surface area contributed by atoms with E-state index in [-0.39, 0.29) is 24.2 Å². The van der Waals surface area contributed by atoms with Gasteiger partial charge in [-0.25, -0.2) is 0 Å². The van der Waals surface area contributed by atoms with E-state index in [1.165, 1.54) is 11.1 Å². The Balaban J connectivity index is 0.00000161. The first-order valence-electron chi connectivity index (χ1n) is 7.19. The van der Waals surface area contributed by atoms with Gasteiger partial charge in [-0.15, -0.1) is 12.4 Å². The molecular formula is C18H20ClNO. The molecule has 0 bridgehead atoms. The number of hydrogen-bond donors (Lipinski definition) is 1. The van der Waals surface area contributed by atoms with Gasteiger partial charge in [0.2, 0.25) is 0 Å². The molecule has 110 valence electrons. The highest BCUT2D eigenvalue weighted by Gasteiger charge is 2.32. The maximum Gasteiger partial charge on any atom is 0.139 e. The molecule has 2 aromatic rings. The minimum absolute atomic E-state index is 0. The fourth-order valence-corrected chi connectivity index (χ4v) is 3.05. The molecule has 1 saturated heterocycles. The smallest absolute Gasteiger partial charge is 0.139 e.